The molecule has 285 valence electrons. The summed E-state index contributed by atoms with van der Waals surface area (Å²) in [6, 6.07) is 27.8. The molecular weight excluding hydrogens is 849 g/mol. The quantitative estimate of drug-likeness (QED) is 0.0815. The van der Waals surface area contributed by atoms with Gasteiger partial charge in [-0.25, -0.2) is 4.98 Å². The molecule has 0 fully saturated rings. The van der Waals surface area contributed by atoms with Crippen molar-refractivity contribution in [1.82, 2.24) is 9.97 Å². The number of carbonyl (C=O) groups excluding carboxylic acids is 1. The van der Waals surface area contributed by atoms with E-state index >= 15 is 0 Å². The second kappa shape index (κ2) is 19.2. The van der Waals surface area contributed by atoms with Gasteiger partial charge in [-0.2, -0.15) is 0 Å². The minimum absolute atomic E-state index is 0. The number of thiophene rings is 1. The zero-order chi connectivity index (χ0) is 38.2. The summed E-state index contributed by atoms with van der Waals surface area (Å²) >= 11 is 1.82. The van der Waals surface area contributed by atoms with Gasteiger partial charge in [0.1, 0.15) is 6.33 Å². The summed E-state index contributed by atoms with van der Waals surface area (Å²) in [7, 11) is 0. The van der Waals surface area contributed by atoms with Crippen molar-refractivity contribution in [2.45, 2.75) is 114 Å². The second-order valence-electron chi connectivity index (χ2n) is 16.2. The molecule has 0 amide bonds. The van der Waals surface area contributed by atoms with E-state index in [2.05, 4.69) is 131 Å². The molecule has 1 radical (unpaired) electrons. The number of allylic oxidation sites excluding steroid dienone is 2. The number of aryl methyl sites for hydroxylation is 1. The number of carbonyl (C=O) groups is 1. The molecule has 3 aromatic carbocycles. The molecule has 2 heterocycles. The van der Waals surface area contributed by atoms with E-state index in [1.54, 1.807) is 6.33 Å². The van der Waals surface area contributed by atoms with Crippen LogP contribution in [0.1, 0.15) is 111 Å². The van der Waals surface area contributed by atoms with Crippen molar-refractivity contribution >= 4 is 27.9 Å². The van der Waals surface area contributed by atoms with E-state index in [1.165, 1.54) is 43.5 Å². The summed E-state index contributed by atoms with van der Waals surface area (Å²) in [5.41, 5.74) is 8.27. The second-order valence-corrected chi connectivity index (χ2v) is 17.5. The Bertz CT molecular complexity index is 1970. The number of aromatic nitrogens is 2. The molecule has 2 aromatic heterocycles. The number of aliphatic hydroxyl groups is 1. The summed E-state index contributed by atoms with van der Waals surface area (Å²) in [5, 5.41) is 12.1. The monoisotopic (exact) mass is 908 g/mol. The first-order valence-electron chi connectivity index (χ1n) is 19.0. The van der Waals surface area contributed by atoms with Crippen molar-refractivity contribution in [2.75, 3.05) is 0 Å². The smallest absolute Gasteiger partial charge is 0.162 e. The van der Waals surface area contributed by atoms with Crippen LogP contribution in [0.4, 0.5) is 0 Å². The number of benzene rings is 3. The molecule has 53 heavy (non-hydrogen) atoms. The van der Waals surface area contributed by atoms with E-state index in [0.717, 1.165) is 54.4 Å². The van der Waals surface area contributed by atoms with Gasteiger partial charge in [0.25, 0.3) is 0 Å². The molecule has 0 spiro atoms. The molecular formula is C47H59IrN2O2S-. The van der Waals surface area contributed by atoms with Crippen molar-refractivity contribution in [3.8, 4) is 33.0 Å². The van der Waals surface area contributed by atoms with Gasteiger partial charge in [0.15, 0.2) is 5.78 Å². The third-order valence-corrected chi connectivity index (χ3v) is 10.9. The van der Waals surface area contributed by atoms with Crippen molar-refractivity contribution < 1.29 is 30.0 Å². The fraction of sp³-hybridized carbons (Fsp3) is 0.426. The fourth-order valence-electron chi connectivity index (χ4n) is 6.70. The third-order valence-electron chi connectivity index (χ3n) is 9.77. The van der Waals surface area contributed by atoms with Crippen molar-refractivity contribution in [3.05, 3.63) is 107 Å². The normalized spacial score (nSPS) is 12.1. The Labute approximate surface area is 337 Å². The minimum Gasteiger partial charge on any atom is -0.512 e. The molecule has 0 aliphatic carbocycles. The van der Waals surface area contributed by atoms with Crippen LogP contribution in [0.5, 0.6) is 0 Å². The number of ketones is 1. The summed E-state index contributed by atoms with van der Waals surface area (Å²) in [6.45, 7) is 23.9. The van der Waals surface area contributed by atoms with Crippen molar-refractivity contribution in [3.63, 3.8) is 0 Å². The van der Waals surface area contributed by atoms with Gasteiger partial charge in [0.05, 0.1) is 11.5 Å². The molecule has 0 atom stereocenters. The SMILES string of the molecule is CCC(CC)C(=O)/C=C(\O)C(CC)CC.Cc1sc(-c2ccc(CC(C)(C)C)cc2)cc1-c1cc(-c2[c-]c3ccccc3c(C(C)(C)C)c2)ncn1.[Ir]. The number of hydrogen-bond donors (Lipinski definition) is 1. The van der Waals surface area contributed by atoms with Crippen LogP contribution in [0.2, 0.25) is 0 Å². The molecule has 1 N–H and O–H groups in total. The molecule has 5 aromatic rings. The average molecular weight is 908 g/mol. The third kappa shape index (κ3) is 11.8. The Morgan fingerprint density at radius 3 is 2.02 bits per heavy atom. The summed E-state index contributed by atoms with van der Waals surface area (Å²) < 4.78 is 0. The summed E-state index contributed by atoms with van der Waals surface area (Å²) in [6.07, 6.45) is 7.67. The zero-order valence-electron chi connectivity index (χ0n) is 33.7. The van der Waals surface area contributed by atoms with Gasteiger partial charge >= 0.3 is 0 Å². The van der Waals surface area contributed by atoms with Crippen molar-refractivity contribution in [1.29, 1.82) is 0 Å². The predicted molar refractivity (Wildman–Crippen MR) is 223 cm³/mol. The number of rotatable bonds is 11. The molecule has 0 bridgehead atoms. The Balaban J connectivity index is 0.000000403. The number of fused-ring (bicyclic) bond motifs is 1. The Morgan fingerprint density at radius 1 is 0.830 bits per heavy atom. The van der Waals surface area contributed by atoms with E-state index in [4.69, 9.17) is 0 Å². The van der Waals surface area contributed by atoms with E-state index in [0.29, 0.717) is 0 Å². The first kappa shape index (κ1) is 44.0. The van der Waals surface area contributed by atoms with Crippen LogP contribution in [0.3, 0.4) is 0 Å². The predicted octanol–water partition coefficient (Wildman–Crippen LogP) is 13.6. The minimum atomic E-state index is 0. The average Bonchev–Trinajstić information content (AvgIpc) is 3.49. The van der Waals surface area contributed by atoms with E-state index in [1.807, 2.05) is 39.0 Å². The standard InChI is InChI=1S/C34H35N2S.C13H24O2.Ir/c1-22-28(18-32(37-22)24-14-12-23(13-15-24)20-33(2,3)4)31-19-30(35-21-36-31)26-16-25-10-8-9-11-27(25)29(17-26)34(5,6)7;1-5-10(6-2)12(14)9-13(15)11(7-3)8-4;/h8-15,17-19,21H,20H2,1-7H3;9-11,14H,5-8H2,1-4H3;/q-1;;/b;12-9-;. The van der Waals surface area contributed by atoms with Gasteiger partial charge in [-0.05, 0) is 73.1 Å². The van der Waals surface area contributed by atoms with Crippen molar-refractivity contribution in [2.24, 2.45) is 17.3 Å². The van der Waals surface area contributed by atoms with Gasteiger partial charge in [-0.3, -0.25) is 9.78 Å². The van der Waals surface area contributed by atoms with Crippen LogP contribution in [0.15, 0.2) is 84.9 Å². The maximum atomic E-state index is 11.7. The van der Waals surface area contributed by atoms with E-state index < -0.39 is 0 Å². The maximum Gasteiger partial charge on any atom is 0.162 e. The first-order chi connectivity index (χ1) is 24.6. The topological polar surface area (TPSA) is 63.1 Å². The van der Waals surface area contributed by atoms with Crippen LogP contribution in [0, 0.1) is 30.2 Å². The molecule has 0 saturated carbocycles. The van der Waals surface area contributed by atoms with Crippen LogP contribution < -0.4 is 0 Å². The van der Waals surface area contributed by atoms with Gasteiger partial charge < -0.3 is 5.11 Å². The number of hydrogen-bond acceptors (Lipinski definition) is 5. The Morgan fingerprint density at radius 2 is 1.43 bits per heavy atom. The van der Waals surface area contributed by atoms with Gasteiger partial charge in [-0.15, -0.1) is 40.5 Å². The molecule has 0 saturated heterocycles. The molecule has 0 aliphatic rings. The molecule has 4 nitrogen and oxygen atoms in total. The van der Waals surface area contributed by atoms with Crippen LogP contribution in [-0.4, -0.2) is 20.9 Å². The van der Waals surface area contributed by atoms with Gasteiger partial charge in [0.2, 0.25) is 0 Å². The Hall–Kier alpha value is -3.44. The van der Waals surface area contributed by atoms with E-state index in [-0.39, 0.29) is 54.3 Å². The zero-order valence-corrected chi connectivity index (χ0v) is 36.9. The molecule has 5 rings (SSSR count). The Kier molecular flexibility index (Phi) is 16.0. The maximum absolute atomic E-state index is 11.7. The van der Waals surface area contributed by atoms with Crippen LogP contribution in [-0.2, 0) is 36.7 Å². The molecule has 0 aliphatic heterocycles. The first-order valence-corrected chi connectivity index (χ1v) is 19.8. The van der Waals surface area contributed by atoms with Gasteiger partial charge in [0, 0.05) is 59.0 Å². The summed E-state index contributed by atoms with van der Waals surface area (Å²) in [4.78, 5) is 23.6. The molecule has 6 heteroatoms. The van der Waals surface area contributed by atoms with Gasteiger partial charge in [-0.1, -0.05) is 123 Å². The number of aliphatic hydroxyl groups excluding tert-OH is 1. The van der Waals surface area contributed by atoms with E-state index in [9.17, 15) is 9.90 Å². The largest absolute Gasteiger partial charge is 0.512 e. The molecule has 0 unspecified atom stereocenters. The van der Waals surface area contributed by atoms with Crippen LogP contribution >= 0.6 is 11.3 Å². The fourth-order valence-corrected chi connectivity index (χ4v) is 7.73. The van der Waals surface area contributed by atoms with Crippen LogP contribution in [0.25, 0.3) is 43.7 Å². The number of nitrogens with zero attached hydrogens (tertiary/aromatic N) is 2. The summed E-state index contributed by atoms with van der Waals surface area (Å²) in [5.74, 6) is 0.547.